The highest BCUT2D eigenvalue weighted by Crippen LogP contribution is 2.09. The Bertz CT molecular complexity index is 412. The molecule has 1 aromatic rings. The van der Waals surface area contributed by atoms with Gasteiger partial charge in [0, 0.05) is 12.7 Å². The summed E-state index contributed by atoms with van der Waals surface area (Å²) in [5, 5.41) is 7.49. The molecule has 6 heteroatoms. The topological polar surface area (TPSA) is 86.8 Å². The molecule has 21 heavy (non-hydrogen) atoms. The molecule has 0 saturated heterocycles. The third-order valence-electron chi connectivity index (χ3n) is 2.74. The Morgan fingerprint density at radius 1 is 0.952 bits per heavy atom. The van der Waals surface area contributed by atoms with E-state index in [0.29, 0.717) is 51.8 Å². The fourth-order valence-corrected chi connectivity index (χ4v) is 1.67. The second kappa shape index (κ2) is 11.2. The maximum atomic E-state index is 7.49. The van der Waals surface area contributed by atoms with Crippen LogP contribution in [0.3, 0.4) is 0 Å². The molecule has 1 aromatic carbocycles. The summed E-state index contributed by atoms with van der Waals surface area (Å²) in [4.78, 5) is 0. The molecule has 0 aromatic heterocycles. The lowest BCUT2D eigenvalue weighted by Gasteiger charge is -2.09. The molecule has 0 aliphatic rings. The third-order valence-corrected chi connectivity index (χ3v) is 2.74. The summed E-state index contributed by atoms with van der Waals surface area (Å²) in [5.41, 5.74) is 7.14. The summed E-state index contributed by atoms with van der Waals surface area (Å²) in [6, 6.07) is 7.47. The maximum Gasteiger partial charge on any atom is 0.123 e. The van der Waals surface area contributed by atoms with Gasteiger partial charge >= 0.3 is 0 Å². The third kappa shape index (κ3) is 7.77. The smallest absolute Gasteiger partial charge is 0.123 e. The molecule has 0 fully saturated rings. The first-order valence-electron chi connectivity index (χ1n) is 6.90. The monoisotopic (exact) mass is 296 g/mol. The SMILES string of the molecule is COCCOCCOCCOCc1ccccc1C(=N)N. The number of hydrogen-bond donors (Lipinski definition) is 2. The number of rotatable bonds is 12. The van der Waals surface area contributed by atoms with Gasteiger partial charge in [-0.3, -0.25) is 5.41 Å². The van der Waals surface area contributed by atoms with E-state index in [1.54, 1.807) is 7.11 Å². The van der Waals surface area contributed by atoms with E-state index in [9.17, 15) is 0 Å². The van der Waals surface area contributed by atoms with Crippen molar-refractivity contribution >= 4 is 5.84 Å². The lowest BCUT2D eigenvalue weighted by atomic mass is 10.1. The first kappa shape index (κ1) is 17.6. The molecule has 1 rings (SSSR count). The molecular weight excluding hydrogens is 272 g/mol. The molecular formula is C15H24N2O4. The van der Waals surface area contributed by atoms with E-state index in [1.807, 2.05) is 24.3 Å². The number of amidine groups is 1. The summed E-state index contributed by atoms with van der Waals surface area (Å²) < 4.78 is 21.0. The van der Waals surface area contributed by atoms with E-state index in [-0.39, 0.29) is 5.84 Å². The van der Waals surface area contributed by atoms with Crippen molar-refractivity contribution in [2.24, 2.45) is 5.73 Å². The zero-order valence-electron chi connectivity index (χ0n) is 12.5. The number of nitrogens with two attached hydrogens (primary N) is 1. The number of nitrogen functional groups attached to an aromatic ring is 1. The fourth-order valence-electron chi connectivity index (χ4n) is 1.67. The van der Waals surface area contributed by atoms with Crippen LogP contribution in [-0.4, -0.2) is 52.6 Å². The molecule has 6 nitrogen and oxygen atoms in total. The van der Waals surface area contributed by atoms with E-state index in [2.05, 4.69) is 0 Å². The van der Waals surface area contributed by atoms with Crippen LogP contribution in [0.1, 0.15) is 11.1 Å². The van der Waals surface area contributed by atoms with Crippen LogP contribution in [0.4, 0.5) is 0 Å². The van der Waals surface area contributed by atoms with Gasteiger partial charge in [0.1, 0.15) is 5.84 Å². The van der Waals surface area contributed by atoms with Gasteiger partial charge in [-0.2, -0.15) is 0 Å². The average Bonchev–Trinajstić information content (AvgIpc) is 2.49. The van der Waals surface area contributed by atoms with Gasteiger partial charge in [-0.25, -0.2) is 0 Å². The van der Waals surface area contributed by atoms with Crippen molar-refractivity contribution in [3.05, 3.63) is 35.4 Å². The van der Waals surface area contributed by atoms with Crippen LogP contribution >= 0.6 is 0 Å². The summed E-state index contributed by atoms with van der Waals surface area (Å²) in [7, 11) is 1.64. The normalized spacial score (nSPS) is 10.7. The molecule has 0 heterocycles. The lowest BCUT2D eigenvalue weighted by molar-refractivity contribution is 0.000853. The highest BCUT2D eigenvalue weighted by atomic mass is 16.6. The minimum absolute atomic E-state index is 0.0543. The number of hydrogen-bond acceptors (Lipinski definition) is 5. The Kier molecular flexibility index (Phi) is 9.39. The van der Waals surface area contributed by atoms with Gasteiger partial charge in [0.25, 0.3) is 0 Å². The molecule has 0 atom stereocenters. The van der Waals surface area contributed by atoms with Gasteiger partial charge < -0.3 is 24.7 Å². The van der Waals surface area contributed by atoms with E-state index >= 15 is 0 Å². The summed E-state index contributed by atoms with van der Waals surface area (Å²) >= 11 is 0. The lowest BCUT2D eigenvalue weighted by Crippen LogP contribution is -2.15. The van der Waals surface area contributed by atoms with Crippen molar-refractivity contribution in [2.75, 3.05) is 46.8 Å². The summed E-state index contributed by atoms with van der Waals surface area (Å²) in [5.74, 6) is 0.0543. The Hall–Kier alpha value is -1.47. The van der Waals surface area contributed by atoms with Gasteiger partial charge in [-0.05, 0) is 5.56 Å². The number of methoxy groups -OCH3 is 1. The van der Waals surface area contributed by atoms with Crippen LogP contribution in [0.2, 0.25) is 0 Å². The zero-order chi connectivity index (χ0) is 15.3. The number of benzene rings is 1. The highest BCUT2D eigenvalue weighted by molar-refractivity contribution is 5.96. The maximum absolute atomic E-state index is 7.49. The molecule has 0 saturated carbocycles. The van der Waals surface area contributed by atoms with Gasteiger partial charge in [0.05, 0.1) is 46.2 Å². The molecule has 0 unspecified atom stereocenters. The predicted octanol–water partition coefficient (Wildman–Crippen LogP) is 1.17. The van der Waals surface area contributed by atoms with Gasteiger partial charge in [0.15, 0.2) is 0 Å². The first-order valence-corrected chi connectivity index (χ1v) is 6.90. The minimum atomic E-state index is 0.0543. The van der Waals surface area contributed by atoms with Gasteiger partial charge in [0.2, 0.25) is 0 Å². The van der Waals surface area contributed by atoms with Crippen LogP contribution in [0.15, 0.2) is 24.3 Å². The van der Waals surface area contributed by atoms with Crippen LogP contribution in [0, 0.1) is 5.41 Å². The zero-order valence-corrected chi connectivity index (χ0v) is 12.5. The molecule has 0 radical (unpaired) electrons. The molecule has 0 aliphatic carbocycles. The molecule has 118 valence electrons. The molecule has 3 N–H and O–H groups in total. The summed E-state index contributed by atoms with van der Waals surface area (Å²) in [6.45, 7) is 3.69. The van der Waals surface area contributed by atoms with E-state index in [0.717, 1.165) is 5.56 Å². The van der Waals surface area contributed by atoms with Crippen LogP contribution in [0.25, 0.3) is 0 Å². The second-order valence-corrected chi connectivity index (χ2v) is 4.34. The van der Waals surface area contributed by atoms with Crippen molar-refractivity contribution < 1.29 is 18.9 Å². The van der Waals surface area contributed by atoms with Crippen molar-refractivity contribution in [1.29, 1.82) is 5.41 Å². The standard InChI is InChI=1S/C15H24N2O4/c1-18-6-7-19-8-9-20-10-11-21-12-13-4-2-3-5-14(13)15(16)17/h2-5H,6-12H2,1H3,(H3,16,17). The quantitative estimate of drug-likeness (QED) is 0.343. The van der Waals surface area contributed by atoms with E-state index in [4.69, 9.17) is 30.1 Å². The van der Waals surface area contributed by atoms with Crippen molar-refractivity contribution in [3.8, 4) is 0 Å². The Balaban J connectivity index is 2.06. The van der Waals surface area contributed by atoms with Crippen molar-refractivity contribution in [3.63, 3.8) is 0 Å². The molecule has 0 amide bonds. The first-order chi connectivity index (χ1) is 10.3. The van der Waals surface area contributed by atoms with Crippen molar-refractivity contribution in [1.82, 2.24) is 0 Å². The van der Waals surface area contributed by atoms with Gasteiger partial charge in [-0.15, -0.1) is 0 Å². The predicted molar refractivity (Wildman–Crippen MR) is 80.6 cm³/mol. The number of ether oxygens (including phenoxy) is 4. The summed E-state index contributed by atoms with van der Waals surface area (Å²) in [6.07, 6.45) is 0. The van der Waals surface area contributed by atoms with Crippen LogP contribution in [0.5, 0.6) is 0 Å². The highest BCUT2D eigenvalue weighted by Gasteiger charge is 2.04. The Morgan fingerprint density at radius 2 is 1.52 bits per heavy atom. The Labute approximate surface area is 125 Å². The average molecular weight is 296 g/mol. The Morgan fingerprint density at radius 3 is 2.14 bits per heavy atom. The molecule has 0 bridgehead atoms. The van der Waals surface area contributed by atoms with Gasteiger partial charge in [-0.1, -0.05) is 24.3 Å². The molecule has 0 aliphatic heterocycles. The second-order valence-electron chi connectivity index (χ2n) is 4.34. The minimum Gasteiger partial charge on any atom is -0.384 e. The molecule has 0 spiro atoms. The van der Waals surface area contributed by atoms with Crippen LogP contribution < -0.4 is 5.73 Å². The van der Waals surface area contributed by atoms with E-state index in [1.165, 1.54) is 0 Å². The van der Waals surface area contributed by atoms with E-state index < -0.39 is 0 Å². The fraction of sp³-hybridized carbons (Fsp3) is 0.533. The largest absolute Gasteiger partial charge is 0.384 e. The number of nitrogens with one attached hydrogen (secondary N) is 1. The van der Waals surface area contributed by atoms with Crippen molar-refractivity contribution in [2.45, 2.75) is 6.61 Å². The van der Waals surface area contributed by atoms with Crippen LogP contribution in [-0.2, 0) is 25.6 Å².